The molecule has 0 amide bonds. The molecule has 6 heteroatoms. The van der Waals surface area contributed by atoms with Crippen molar-refractivity contribution in [3.05, 3.63) is 49.7 Å². The number of aryl methyl sites for hydroxylation is 3. The van der Waals surface area contributed by atoms with Gasteiger partial charge in [0, 0.05) is 17.4 Å². The zero-order chi connectivity index (χ0) is 15.6. The van der Waals surface area contributed by atoms with Gasteiger partial charge in [-0.05, 0) is 60.0 Å². The maximum atomic E-state index is 5.81. The van der Waals surface area contributed by atoms with Gasteiger partial charge >= 0.3 is 0 Å². The standard InChI is InChI=1S/C15H20Br2N4/c1-4-21-14(15(17)10(3)20-21)8-13(19-18)12-7-11(16)6-5-9(12)2/h5-7,13,19H,4,8,18H2,1-3H3. The summed E-state index contributed by atoms with van der Waals surface area (Å²) < 4.78 is 4.15. The SMILES string of the molecule is CCn1nc(C)c(Br)c1CC(NN)c1cc(Br)ccc1C. The van der Waals surface area contributed by atoms with E-state index in [0.717, 1.165) is 33.3 Å². The Morgan fingerprint density at radius 2 is 2.05 bits per heavy atom. The molecule has 0 fully saturated rings. The van der Waals surface area contributed by atoms with E-state index >= 15 is 0 Å². The molecule has 1 unspecified atom stereocenters. The van der Waals surface area contributed by atoms with Crippen LogP contribution in [0.25, 0.3) is 0 Å². The third-order valence-electron chi connectivity index (χ3n) is 3.67. The van der Waals surface area contributed by atoms with Gasteiger partial charge in [-0.15, -0.1) is 0 Å². The molecule has 0 spiro atoms. The van der Waals surface area contributed by atoms with E-state index in [9.17, 15) is 0 Å². The Hall–Kier alpha value is -0.690. The van der Waals surface area contributed by atoms with Crippen molar-refractivity contribution < 1.29 is 0 Å². The minimum absolute atomic E-state index is 0.0419. The second kappa shape index (κ2) is 7.05. The predicted octanol–water partition coefficient (Wildman–Crippen LogP) is 3.79. The van der Waals surface area contributed by atoms with Crippen molar-refractivity contribution in [2.75, 3.05) is 0 Å². The molecule has 21 heavy (non-hydrogen) atoms. The number of hydrogen-bond donors (Lipinski definition) is 2. The van der Waals surface area contributed by atoms with E-state index < -0.39 is 0 Å². The average Bonchev–Trinajstić information content (AvgIpc) is 2.74. The van der Waals surface area contributed by atoms with E-state index in [1.54, 1.807) is 0 Å². The number of hydrazine groups is 1. The highest BCUT2D eigenvalue weighted by molar-refractivity contribution is 9.10. The van der Waals surface area contributed by atoms with Crippen molar-refractivity contribution >= 4 is 31.9 Å². The fourth-order valence-corrected chi connectivity index (χ4v) is 3.33. The molecule has 0 bridgehead atoms. The molecule has 1 aromatic heterocycles. The Morgan fingerprint density at radius 3 is 2.67 bits per heavy atom. The second-order valence-electron chi connectivity index (χ2n) is 5.09. The van der Waals surface area contributed by atoms with Gasteiger partial charge in [-0.1, -0.05) is 22.0 Å². The number of hydrogen-bond acceptors (Lipinski definition) is 3. The summed E-state index contributed by atoms with van der Waals surface area (Å²) in [4.78, 5) is 0. The smallest absolute Gasteiger partial charge is 0.0738 e. The summed E-state index contributed by atoms with van der Waals surface area (Å²) in [5.74, 6) is 5.81. The number of nitrogens with one attached hydrogen (secondary N) is 1. The van der Waals surface area contributed by atoms with Crippen LogP contribution in [0.5, 0.6) is 0 Å². The van der Waals surface area contributed by atoms with E-state index in [1.165, 1.54) is 11.1 Å². The summed E-state index contributed by atoms with van der Waals surface area (Å²) in [6.07, 6.45) is 0.781. The summed E-state index contributed by atoms with van der Waals surface area (Å²) >= 11 is 7.17. The Bertz CT molecular complexity index is 637. The molecule has 2 rings (SSSR count). The first-order chi connectivity index (χ1) is 9.97. The minimum Gasteiger partial charge on any atom is -0.271 e. The van der Waals surface area contributed by atoms with Crippen molar-refractivity contribution in [1.29, 1.82) is 0 Å². The highest BCUT2D eigenvalue weighted by atomic mass is 79.9. The molecule has 1 heterocycles. The summed E-state index contributed by atoms with van der Waals surface area (Å²) in [6.45, 7) is 7.05. The maximum absolute atomic E-state index is 5.81. The normalized spacial score (nSPS) is 12.7. The molecule has 0 aliphatic heterocycles. The predicted molar refractivity (Wildman–Crippen MR) is 93.0 cm³/mol. The zero-order valence-electron chi connectivity index (χ0n) is 12.5. The van der Waals surface area contributed by atoms with Gasteiger partial charge in [0.1, 0.15) is 0 Å². The maximum Gasteiger partial charge on any atom is 0.0738 e. The lowest BCUT2D eigenvalue weighted by Crippen LogP contribution is -2.31. The summed E-state index contributed by atoms with van der Waals surface area (Å²) in [5.41, 5.74) is 7.53. The molecule has 1 aromatic carbocycles. The number of aromatic nitrogens is 2. The summed E-state index contributed by atoms with van der Waals surface area (Å²) in [7, 11) is 0. The molecule has 1 atom stereocenters. The Balaban J connectivity index is 2.38. The Labute approximate surface area is 142 Å². The van der Waals surface area contributed by atoms with Crippen LogP contribution in [0.4, 0.5) is 0 Å². The lowest BCUT2D eigenvalue weighted by molar-refractivity contribution is 0.514. The van der Waals surface area contributed by atoms with Crippen LogP contribution >= 0.6 is 31.9 Å². The van der Waals surface area contributed by atoms with Crippen molar-refractivity contribution in [2.45, 2.75) is 39.8 Å². The van der Waals surface area contributed by atoms with Gasteiger partial charge < -0.3 is 0 Å². The third-order valence-corrected chi connectivity index (χ3v) is 5.19. The van der Waals surface area contributed by atoms with Crippen LogP contribution in [-0.4, -0.2) is 9.78 Å². The van der Waals surface area contributed by atoms with E-state index in [0.29, 0.717) is 0 Å². The second-order valence-corrected chi connectivity index (χ2v) is 6.79. The van der Waals surface area contributed by atoms with Crippen molar-refractivity contribution in [1.82, 2.24) is 15.2 Å². The van der Waals surface area contributed by atoms with Gasteiger partial charge in [0.2, 0.25) is 0 Å². The monoisotopic (exact) mass is 414 g/mol. The lowest BCUT2D eigenvalue weighted by Gasteiger charge is -2.20. The first-order valence-electron chi connectivity index (χ1n) is 6.91. The Kier molecular flexibility index (Phi) is 5.60. The number of nitrogens with two attached hydrogens (primary N) is 1. The fraction of sp³-hybridized carbons (Fsp3) is 0.400. The lowest BCUT2D eigenvalue weighted by atomic mass is 9.98. The van der Waals surface area contributed by atoms with Crippen LogP contribution in [0.1, 0.15) is 35.5 Å². The minimum atomic E-state index is 0.0419. The quantitative estimate of drug-likeness (QED) is 0.576. The largest absolute Gasteiger partial charge is 0.271 e. The van der Waals surface area contributed by atoms with Gasteiger partial charge in [-0.2, -0.15) is 5.10 Å². The van der Waals surface area contributed by atoms with Crippen LogP contribution < -0.4 is 11.3 Å². The molecule has 0 saturated heterocycles. The summed E-state index contributed by atoms with van der Waals surface area (Å²) in [5, 5.41) is 4.54. The highest BCUT2D eigenvalue weighted by Crippen LogP contribution is 2.29. The molecule has 114 valence electrons. The van der Waals surface area contributed by atoms with Gasteiger partial charge in [0.25, 0.3) is 0 Å². The molecule has 0 saturated carbocycles. The first-order valence-corrected chi connectivity index (χ1v) is 8.50. The highest BCUT2D eigenvalue weighted by Gasteiger charge is 2.19. The summed E-state index contributed by atoms with van der Waals surface area (Å²) in [6, 6.07) is 6.30. The van der Waals surface area contributed by atoms with Gasteiger partial charge in [-0.25, -0.2) is 0 Å². The molecular formula is C15H20Br2N4. The molecule has 0 aliphatic rings. The number of benzene rings is 1. The topological polar surface area (TPSA) is 55.9 Å². The molecule has 0 radical (unpaired) electrons. The number of nitrogens with zero attached hydrogens (tertiary/aromatic N) is 2. The van der Waals surface area contributed by atoms with E-state index in [1.807, 2.05) is 17.7 Å². The van der Waals surface area contributed by atoms with Crippen LogP contribution in [0.3, 0.4) is 0 Å². The van der Waals surface area contributed by atoms with Gasteiger partial charge in [-0.3, -0.25) is 16.0 Å². The van der Waals surface area contributed by atoms with Crippen molar-refractivity contribution in [2.24, 2.45) is 5.84 Å². The van der Waals surface area contributed by atoms with Crippen LogP contribution in [0.15, 0.2) is 27.1 Å². The molecule has 2 aromatic rings. The van der Waals surface area contributed by atoms with E-state index in [4.69, 9.17) is 5.84 Å². The van der Waals surface area contributed by atoms with Crippen LogP contribution in [0, 0.1) is 13.8 Å². The van der Waals surface area contributed by atoms with E-state index in [2.05, 4.69) is 68.4 Å². The third kappa shape index (κ3) is 3.56. The fourth-order valence-electron chi connectivity index (χ4n) is 2.50. The van der Waals surface area contributed by atoms with Crippen LogP contribution in [-0.2, 0) is 13.0 Å². The molecule has 3 N–H and O–H groups in total. The molecule has 4 nitrogen and oxygen atoms in total. The van der Waals surface area contributed by atoms with Gasteiger partial charge in [0.15, 0.2) is 0 Å². The average molecular weight is 416 g/mol. The first kappa shape index (κ1) is 16.7. The number of rotatable bonds is 5. The number of halogens is 2. The van der Waals surface area contributed by atoms with Crippen molar-refractivity contribution in [3.8, 4) is 0 Å². The Morgan fingerprint density at radius 1 is 1.33 bits per heavy atom. The van der Waals surface area contributed by atoms with Crippen molar-refractivity contribution in [3.63, 3.8) is 0 Å². The van der Waals surface area contributed by atoms with Gasteiger partial charge in [0.05, 0.1) is 21.9 Å². The van der Waals surface area contributed by atoms with Crippen LogP contribution in [0.2, 0.25) is 0 Å². The molecular weight excluding hydrogens is 396 g/mol. The molecule has 0 aliphatic carbocycles. The zero-order valence-corrected chi connectivity index (χ0v) is 15.6. The van der Waals surface area contributed by atoms with E-state index in [-0.39, 0.29) is 6.04 Å².